The Morgan fingerprint density at radius 2 is 1.89 bits per heavy atom. The Balaban J connectivity index is 1.65. The van der Waals surface area contributed by atoms with Crippen molar-refractivity contribution >= 4 is 35.0 Å². The molecule has 0 aliphatic rings. The predicted octanol–water partition coefficient (Wildman–Crippen LogP) is 3.40. The van der Waals surface area contributed by atoms with Crippen LogP contribution in [0.5, 0.6) is 0 Å². The van der Waals surface area contributed by atoms with Crippen LogP contribution in [0.4, 0.5) is 15.8 Å². The summed E-state index contributed by atoms with van der Waals surface area (Å²) in [5, 5.41) is 13.5. The number of aryl methyl sites for hydroxylation is 1. The molecule has 2 aromatic carbocycles. The van der Waals surface area contributed by atoms with E-state index >= 15 is 0 Å². The summed E-state index contributed by atoms with van der Waals surface area (Å²) >= 11 is 1.19. The lowest BCUT2D eigenvalue weighted by atomic mass is 10.2. The number of anilines is 2. The van der Waals surface area contributed by atoms with Gasteiger partial charge in [-0.05, 0) is 37.3 Å². The summed E-state index contributed by atoms with van der Waals surface area (Å²) in [4.78, 5) is 23.4. The monoisotopic (exact) mass is 399 g/mol. The normalized spacial score (nSPS) is 10.5. The number of nitrogens with zero attached hydrogens (tertiary/aromatic N) is 3. The molecular formula is C19H18FN5O2S. The highest BCUT2D eigenvalue weighted by atomic mass is 32.2. The van der Waals surface area contributed by atoms with Gasteiger partial charge in [0.15, 0.2) is 5.16 Å². The molecule has 2 amide bonds. The lowest BCUT2D eigenvalue weighted by Crippen LogP contribution is -2.16. The average Bonchev–Trinajstić information content (AvgIpc) is 3.11. The Kier molecular flexibility index (Phi) is 6.05. The van der Waals surface area contributed by atoms with Crippen LogP contribution in [-0.4, -0.2) is 32.3 Å². The highest BCUT2D eigenvalue weighted by Gasteiger charge is 2.12. The maximum atomic E-state index is 13.9. The lowest BCUT2D eigenvalue weighted by molar-refractivity contribution is -0.114. The molecule has 28 heavy (non-hydrogen) atoms. The van der Waals surface area contributed by atoms with E-state index < -0.39 is 11.7 Å². The van der Waals surface area contributed by atoms with Gasteiger partial charge in [0.1, 0.15) is 12.1 Å². The summed E-state index contributed by atoms with van der Waals surface area (Å²) in [5.74, 6) is -1.25. The standard InChI is InChI=1S/C19H18FN5O2S/c1-12-3-6-15(7-4-12)25-11-21-24-19(25)28-10-18(27)23-17-9-14(22-13(2)26)5-8-16(17)20/h3-9,11H,10H2,1-2H3,(H,22,26)(H,23,27). The minimum absolute atomic E-state index is 0.00292. The summed E-state index contributed by atoms with van der Waals surface area (Å²) in [7, 11) is 0. The molecule has 2 N–H and O–H groups in total. The molecule has 0 radical (unpaired) electrons. The number of halogens is 1. The highest BCUT2D eigenvalue weighted by Crippen LogP contribution is 2.22. The van der Waals surface area contributed by atoms with Gasteiger partial charge in [-0.2, -0.15) is 0 Å². The molecule has 1 heterocycles. The number of carbonyl (C=O) groups is 2. The summed E-state index contributed by atoms with van der Waals surface area (Å²) in [6, 6.07) is 11.8. The van der Waals surface area contributed by atoms with E-state index in [1.165, 1.54) is 36.9 Å². The van der Waals surface area contributed by atoms with Crippen molar-refractivity contribution in [2.45, 2.75) is 19.0 Å². The van der Waals surface area contributed by atoms with E-state index in [2.05, 4.69) is 20.8 Å². The van der Waals surface area contributed by atoms with Gasteiger partial charge in [0, 0.05) is 18.3 Å². The van der Waals surface area contributed by atoms with Gasteiger partial charge in [-0.25, -0.2) is 4.39 Å². The SMILES string of the molecule is CC(=O)Nc1ccc(F)c(NC(=O)CSc2nncn2-c2ccc(C)cc2)c1. The molecule has 3 rings (SSSR count). The number of hydrogen-bond donors (Lipinski definition) is 2. The first-order valence-corrected chi connectivity index (χ1v) is 9.38. The molecule has 0 aliphatic heterocycles. The maximum Gasteiger partial charge on any atom is 0.234 e. The van der Waals surface area contributed by atoms with Crippen LogP contribution in [0.2, 0.25) is 0 Å². The van der Waals surface area contributed by atoms with Crippen LogP contribution in [0.15, 0.2) is 53.9 Å². The number of rotatable bonds is 6. The largest absolute Gasteiger partial charge is 0.326 e. The Bertz CT molecular complexity index is 1000. The van der Waals surface area contributed by atoms with E-state index in [1.807, 2.05) is 31.2 Å². The fourth-order valence-corrected chi connectivity index (χ4v) is 3.15. The molecule has 7 nitrogen and oxygen atoms in total. The second-order valence-electron chi connectivity index (χ2n) is 6.03. The first-order valence-electron chi connectivity index (χ1n) is 8.39. The Labute approximate surface area is 165 Å². The Hall–Kier alpha value is -3.20. The predicted molar refractivity (Wildman–Crippen MR) is 106 cm³/mol. The molecule has 0 saturated carbocycles. The zero-order chi connectivity index (χ0) is 20.1. The fraction of sp³-hybridized carbons (Fsp3) is 0.158. The first kappa shape index (κ1) is 19.6. The zero-order valence-electron chi connectivity index (χ0n) is 15.3. The minimum Gasteiger partial charge on any atom is -0.326 e. The van der Waals surface area contributed by atoms with Gasteiger partial charge in [0.05, 0.1) is 11.4 Å². The van der Waals surface area contributed by atoms with E-state index in [0.29, 0.717) is 10.8 Å². The zero-order valence-corrected chi connectivity index (χ0v) is 16.1. The molecule has 0 saturated heterocycles. The van der Waals surface area contributed by atoms with E-state index in [-0.39, 0.29) is 17.3 Å². The van der Waals surface area contributed by atoms with Crippen molar-refractivity contribution < 1.29 is 14.0 Å². The van der Waals surface area contributed by atoms with Crippen molar-refractivity contribution in [3.05, 3.63) is 60.2 Å². The number of hydrogen-bond acceptors (Lipinski definition) is 5. The molecule has 9 heteroatoms. The molecule has 3 aromatic rings. The van der Waals surface area contributed by atoms with Gasteiger partial charge < -0.3 is 10.6 Å². The molecule has 0 aliphatic carbocycles. The lowest BCUT2D eigenvalue weighted by Gasteiger charge is -2.09. The molecular weight excluding hydrogens is 381 g/mol. The fourth-order valence-electron chi connectivity index (χ4n) is 2.42. The van der Waals surface area contributed by atoms with Gasteiger partial charge in [0.2, 0.25) is 11.8 Å². The second kappa shape index (κ2) is 8.66. The summed E-state index contributed by atoms with van der Waals surface area (Å²) in [6.07, 6.45) is 1.57. The summed E-state index contributed by atoms with van der Waals surface area (Å²) in [6.45, 7) is 3.35. The third kappa shape index (κ3) is 4.95. The van der Waals surface area contributed by atoms with Crippen LogP contribution in [0.25, 0.3) is 5.69 Å². The first-order chi connectivity index (χ1) is 13.4. The van der Waals surface area contributed by atoms with Crippen molar-refractivity contribution in [3.8, 4) is 5.69 Å². The second-order valence-corrected chi connectivity index (χ2v) is 6.97. The van der Waals surface area contributed by atoms with Gasteiger partial charge in [0.25, 0.3) is 0 Å². The number of nitrogens with one attached hydrogen (secondary N) is 2. The molecule has 0 bridgehead atoms. The molecule has 144 valence electrons. The number of thioether (sulfide) groups is 1. The third-order valence-electron chi connectivity index (χ3n) is 3.72. The van der Waals surface area contributed by atoms with Crippen molar-refractivity contribution in [2.75, 3.05) is 16.4 Å². The van der Waals surface area contributed by atoms with Crippen molar-refractivity contribution in [1.82, 2.24) is 14.8 Å². The van der Waals surface area contributed by atoms with Gasteiger partial charge >= 0.3 is 0 Å². The van der Waals surface area contributed by atoms with Crippen LogP contribution in [0, 0.1) is 12.7 Å². The van der Waals surface area contributed by atoms with E-state index in [4.69, 9.17) is 0 Å². The minimum atomic E-state index is -0.588. The van der Waals surface area contributed by atoms with E-state index in [0.717, 1.165) is 11.3 Å². The summed E-state index contributed by atoms with van der Waals surface area (Å²) in [5.41, 5.74) is 2.41. The molecule has 0 unspecified atom stereocenters. The summed E-state index contributed by atoms with van der Waals surface area (Å²) < 4.78 is 15.7. The molecule has 0 atom stereocenters. The average molecular weight is 399 g/mol. The van der Waals surface area contributed by atoms with Crippen LogP contribution < -0.4 is 10.6 Å². The highest BCUT2D eigenvalue weighted by molar-refractivity contribution is 7.99. The van der Waals surface area contributed by atoms with Crippen molar-refractivity contribution in [3.63, 3.8) is 0 Å². The Morgan fingerprint density at radius 3 is 2.61 bits per heavy atom. The topological polar surface area (TPSA) is 88.9 Å². The number of benzene rings is 2. The van der Waals surface area contributed by atoms with Gasteiger partial charge in [-0.15, -0.1) is 10.2 Å². The molecule has 1 aromatic heterocycles. The third-order valence-corrected chi connectivity index (χ3v) is 4.66. The van der Waals surface area contributed by atoms with Crippen LogP contribution >= 0.6 is 11.8 Å². The Morgan fingerprint density at radius 1 is 1.14 bits per heavy atom. The van der Waals surface area contributed by atoms with E-state index in [1.54, 1.807) is 10.9 Å². The van der Waals surface area contributed by atoms with Gasteiger partial charge in [-0.3, -0.25) is 14.2 Å². The smallest absolute Gasteiger partial charge is 0.234 e. The van der Waals surface area contributed by atoms with Crippen LogP contribution in [0.1, 0.15) is 12.5 Å². The van der Waals surface area contributed by atoms with Crippen LogP contribution in [0.3, 0.4) is 0 Å². The number of aromatic nitrogens is 3. The van der Waals surface area contributed by atoms with Gasteiger partial charge in [-0.1, -0.05) is 29.5 Å². The van der Waals surface area contributed by atoms with Crippen molar-refractivity contribution in [1.29, 1.82) is 0 Å². The molecule has 0 fully saturated rings. The number of carbonyl (C=O) groups excluding carboxylic acids is 2. The van der Waals surface area contributed by atoms with Crippen LogP contribution in [-0.2, 0) is 9.59 Å². The molecule has 0 spiro atoms. The quantitative estimate of drug-likeness (QED) is 0.620. The maximum absolute atomic E-state index is 13.9. The number of amides is 2. The van der Waals surface area contributed by atoms with E-state index in [9.17, 15) is 14.0 Å². The van der Waals surface area contributed by atoms with Crippen molar-refractivity contribution in [2.24, 2.45) is 0 Å².